The van der Waals surface area contributed by atoms with Crippen molar-refractivity contribution in [1.29, 1.82) is 0 Å². The molecule has 0 radical (unpaired) electrons. The number of fused-ring (bicyclic) bond motifs is 4. The second-order valence-electron chi connectivity index (χ2n) is 8.47. The molecular weight excluding hydrogens is 448 g/mol. The average molecular weight is 471 g/mol. The van der Waals surface area contributed by atoms with Crippen molar-refractivity contribution in [3.8, 4) is 0 Å². The van der Waals surface area contributed by atoms with Crippen LogP contribution in [-0.4, -0.2) is 32.4 Å². The van der Waals surface area contributed by atoms with Gasteiger partial charge in [0.25, 0.3) is 0 Å². The standard InChI is InChI=1S/C25H22N6O2S/c1-14-3-2-4-16(9-14)30-25(32)33-18-6-7-19-21(11-18)34-24-22(19)23(26-13-27-24)29-17-5-8-20-15(10-17)12-28-31-20/h2-5,8-10,12-13,18H,6-7,11H2,1H3,(H,28,31)(H,30,32)(H,26,27,29). The first-order valence-electron chi connectivity index (χ1n) is 11.1. The zero-order valence-electron chi connectivity index (χ0n) is 18.5. The molecule has 3 N–H and O–H groups in total. The highest BCUT2D eigenvalue weighted by Gasteiger charge is 2.27. The first-order chi connectivity index (χ1) is 16.6. The van der Waals surface area contributed by atoms with E-state index in [1.54, 1.807) is 23.9 Å². The van der Waals surface area contributed by atoms with Crippen LogP contribution >= 0.6 is 11.3 Å². The summed E-state index contributed by atoms with van der Waals surface area (Å²) < 4.78 is 5.74. The number of carbonyl (C=O) groups is 1. The van der Waals surface area contributed by atoms with Crippen molar-refractivity contribution in [3.05, 3.63) is 71.0 Å². The molecular formula is C25H22N6O2S. The number of H-pyrrole nitrogens is 1. The fraction of sp³-hybridized carbons (Fsp3) is 0.200. The molecule has 5 aromatic rings. The molecule has 0 saturated heterocycles. The van der Waals surface area contributed by atoms with Crippen molar-refractivity contribution < 1.29 is 9.53 Å². The van der Waals surface area contributed by atoms with Crippen LogP contribution in [-0.2, 0) is 17.6 Å². The molecule has 0 bridgehead atoms. The molecule has 3 heterocycles. The van der Waals surface area contributed by atoms with Gasteiger partial charge in [-0.15, -0.1) is 11.3 Å². The number of aryl methyl sites for hydroxylation is 2. The SMILES string of the molecule is Cc1cccc(NC(=O)OC2CCc3c(sc4ncnc(Nc5ccc6[nH]ncc6c5)c34)C2)c1. The van der Waals surface area contributed by atoms with Gasteiger partial charge in [0.05, 0.1) is 17.1 Å². The van der Waals surface area contributed by atoms with Crippen LogP contribution in [0, 0.1) is 6.92 Å². The Morgan fingerprint density at radius 3 is 3.03 bits per heavy atom. The van der Waals surface area contributed by atoms with Crippen molar-refractivity contribution >= 4 is 55.7 Å². The zero-order valence-corrected chi connectivity index (χ0v) is 19.3. The van der Waals surface area contributed by atoms with E-state index in [1.807, 2.05) is 49.4 Å². The largest absolute Gasteiger partial charge is 0.446 e. The number of amides is 1. The Morgan fingerprint density at radius 2 is 2.12 bits per heavy atom. The number of carbonyl (C=O) groups excluding carboxylic acids is 1. The Kier molecular flexibility index (Phi) is 5.10. The van der Waals surface area contributed by atoms with Crippen LogP contribution in [0.25, 0.3) is 21.1 Å². The molecule has 0 aliphatic heterocycles. The van der Waals surface area contributed by atoms with E-state index in [0.717, 1.165) is 56.7 Å². The summed E-state index contributed by atoms with van der Waals surface area (Å²) in [6, 6.07) is 13.7. The number of hydrogen-bond donors (Lipinski definition) is 3. The Morgan fingerprint density at radius 1 is 1.18 bits per heavy atom. The van der Waals surface area contributed by atoms with Crippen molar-refractivity contribution in [2.75, 3.05) is 10.6 Å². The van der Waals surface area contributed by atoms with E-state index in [4.69, 9.17) is 4.74 Å². The van der Waals surface area contributed by atoms with E-state index in [0.29, 0.717) is 6.42 Å². The van der Waals surface area contributed by atoms with Crippen molar-refractivity contribution in [2.45, 2.75) is 32.3 Å². The number of benzene rings is 2. The summed E-state index contributed by atoms with van der Waals surface area (Å²) in [6.07, 6.45) is 5.05. The van der Waals surface area contributed by atoms with Crippen LogP contribution in [0.15, 0.2) is 55.0 Å². The third-order valence-corrected chi connectivity index (χ3v) is 7.20. The Bertz CT molecular complexity index is 1520. The molecule has 170 valence electrons. The average Bonchev–Trinajstić information content (AvgIpc) is 3.43. The lowest BCUT2D eigenvalue weighted by atomic mass is 9.94. The number of aromatic nitrogens is 4. The molecule has 3 aromatic heterocycles. The van der Waals surface area contributed by atoms with Gasteiger partial charge in [0.15, 0.2) is 0 Å². The molecule has 8 nitrogen and oxygen atoms in total. The van der Waals surface area contributed by atoms with Crippen LogP contribution < -0.4 is 10.6 Å². The number of anilines is 3. The van der Waals surface area contributed by atoms with Gasteiger partial charge in [0, 0.05) is 28.1 Å². The maximum atomic E-state index is 12.4. The van der Waals surface area contributed by atoms with Gasteiger partial charge in [0.2, 0.25) is 0 Å². The fourth-order valence-electron chi connectivity index (χ4n) is 4.45. The Balaban J connectivity index is 1.21. The molecule has 1 atom stereocenters. The monoisotopic (exact) mass is 470 g/mol. The van der Waals surface area contributed by atoms with Crippen molar-refractivity contribution in [1.82, 2.24) is 20.2 Å². The molecule has 0 spiro atoms. The number of rotatable bonds is 4. The number of aromatic amines is 1. The van der Waals surface area contributed by atoms with Gasteiger partial charge < -0.3 is 10.1 Å². The topological polar surface area (TPSA) is 105 Å². The summed E-state index contributed by atoms with van der Waals surface area (Å²) in [5, 5.41) is 15.4. The number of ether oxygens (including phenoxy) is 1. The highest BCUT2D eigenvalue weighted by Crippen LogP contribution is 2.39. The van der Waals surface area contributed by atoms with Crippen LogP contribution in [0.3, 0.4) is 0 Å². The predicted molar refractivity (Wildman–Crippen MR) is 134 cm³/mol. The maximum absolute atomic E-state index is 12.4. The first kappa shape index (κ1) is 20.6. The number of hydrogen-bond acceptors (Lipinski definition) is 7. The van der Waals surface area contributed by atoms with Gasteiger partial charge in [-0.2, -0.15) is 5.10 Å². The van der Waals surface area contributed by atoms with E-state index in [1.165, 1.54) is 10.4 Å². The van der Waals surface area contributed by atoms with E-state index in [-0.39, 0.29) is 6.10 Å². The molecule has 0 fully saturated rings. The minimum Gasteiger partial charge on any atom is -0.446 e. The normalized spacial score (nSPS) is 15.3. The summed E-state index contributed by atoms with van der Waals surface area (Å²) in [5.74, 6) is 0.793. The quantitative estimate of drug-likeness (QED) is 0.310. The van der Waals surface area contributed by atoms with Crippen LogP contribution in [0.4, 0.5) is 22.0 Å². The van der Waals surface area contributed by atoms with Gasteiger partial charge in [-0.05, 0) is 61.2 Å². The molecule has 1 aliphatic rings. The van der Waals surface area contributed by atoms with Crippen LogP contribution in [0.2, 0.25) is 0 Å². The van der Waals surface area contributed by atoms with Gasteiger partial charge in [-0.1, -0.05) is 12.1 Å². The third kappa shape index (κ3) is 3.94. The van der Waals surface area contributed by atoms with Gasteiger partial charge in [0.1, 0.15) is 23.1 Å². The smallest absolute Gasteiger partial charge is 0.411 e. The zero-order chi connectivity index (χ0) is 23.1. The third-order valence-electron chi connectivity index (χ3n) is 6.04. The Hall–Kier alpha value is -3.98. The highest BCUT2D eigenvalue weighted by atomic mass is 32.1. The van der Waals surface area contributed by atoms with E-state index in [9.17, 15) is 4.79 Å². The summed E-state index contributed by atoms with van der Waals surface area (Å²) in [6.45, 7) is 1.99. The molecule has 0 saturated carbocycles. The molecule has 34 heavy (non-hydrogen) atoms. The van der Waals surface area contributed by atoms with Crippen LogP contribution in [0.1, 0.15) is 22.4 Å². The first-order valence-corrected chi connectivity index (χ1v) is 11.9. The van der Waals surface area contributed by atoms with Crippen molar-refractivity contribution in [3.63, 3.8) is 0 Å². The van der Waals surface area contributed by atoms with Crippen molar-refractivity contribution in [2.24, 2.45) is 0 Å². The van der Waals surface area contributed by atoms with Crippen LogP contribution in [0.5, 0.6) is 0 Å². The summed E-state index contributed by atoms with van der Waals surface area (Å²) in [4.78, 5) is 23.6. The lowest BCUT2D eigenvalue weighted by molar-refractivity contribution is 0.103. The second kappa shape index (κ2) is 8.42. The molecule has 1 aliphatic carbocycles. The summed E-state index contributed by atoms with van der Waals surface area (Å²) in [5.41, 5.74) is 5.00. The van der Waals surface area contributed by atoms with E-state index in [2.05, 4.69) is 30.8 Å². The number of thiophene rings is 1. The summed E-state index contributed by atoms with van der Waals surface area (Å²) in [7, 11) is 0. The van der Waals surface area contributed by atoms with E-state index < -0.39 is 6.09 Å². The number of nitrogens with zero attached hydrogens (tertiary/aromatic N) is 3. The Labute approximate surface area is 199 Å². The molecule has 9 heteroatoms. The lowest BCUT2D eigenvalue weighted by Crippen LogP contribution is -2.27. The maximum Gasteiger partial charge on any atom is 0.411 e. The molecule has 1 unspecified atom stereocenters. The second-order valence-corrected chi connectivity index (χ2v) is 9.55. The molecule has 6 rings (SSSR count). The van der Waals surface area contributed by atoms with Gasteiger partial charge in [-0.3, -0.25) is 10.4 Å². The fourth-order valence-corrected chi connectivity index (χ4v) is 5.71. The van der Waals surface area contributed by atoms with Gasteiger partial charge in [-0.25, -0.2) is 14.8 Å². The number of nitrogens with one attached hydrogen (secondary N) is 3. The summed E-state index contributed by atoms with van der Waals surface area (Å²) >= 11 is 1.65. The molecule has 1 amide bonds. The minimum atomic E-state index is -0.419. The van der Waals surface area contributed by atoms with E-state index >= 15 is 0 Å². The molecule has 2 aromatic carbocycles. The highest BCUT2D eigenvalue weighted by molar-refractivity contribution is 7.19. The minimum absolute atomic E-state index is 0.168. The predicted octanol–water partition coefficient (Wildman–Crippen LogP) is 5.73. The lowest BCUT2D eigenvalue weighted by Gasteiger charge is -2.23. The van der Waals surface area contributed by atoms with Gasteiger partial charge >= 0.3 is 6.09 Å².